The summed E-state index contributed by atoms with van der Waals surface area (Å²) >= 11 is 0. The molecule has 0 bridgehead atoms. The molecule has 1 atom stereocenters. The van der Waals surface area contributed by atoms with Gasteiger partial charge in [0.25, 0.3) is 0 Å². The molecule has 0 radical (unpaired) electrons. The minimum atomic E-state index is -0.338. The first-order chi connectivity index (χ1) is 6.63. The van der Waals surface area contributed by atoms with Crippen LogP contribution in [0, 0.1) is 0 Å². The van der Waals surface area contributed by atoms with Gasteiger partial charge in [-0.15, -0.1) is 0 Å². The van der Waals surface area contributed by atoms with E-state index in [9.17, 15) is 4.79 Å². The predicted molar refractivity (Wildman–Crippen MR) is 56.9 cm³/mol. The van der Waals surface area contributed by atoms with Gasteiger partial charge in [-0.05, 0) is 19.8 Å². The molecule has 0 aliphatic heterocycles. The Labute approximate surface area is 98.7 Å². The maximum Gasteiger partial charge on any atom is 0.330 e. The Hall–Kier alpha value is -0.540. The van der Waals surface area contributed by atoms with Crippen molar-refractivity contribution in [1.29, 1.82) is 0 Å². The molecule has 0 amide bonds. The van der Waals surface area contributed by atoms with E-state index in [-0.39, 0.29) is 24.5 Å². The fourth-order valence-electron chi connectivity index (χ4n) is 1.30. The van der Waals surface area contributed by atoms with Crippen LogP contribution in [0.1, 0.15) is 33.6 Å². The molecule has 0 aliphatic rings. The summed E-state index contributed by atoms with van der Waals surface area (Å²) in [4.78, 5) is 10.9. The molecule has 4 heteroatoms. The van der Waals surface area contributed by atoms with Gasteiger partial charge in [0.2, 0.25) is 0 Å². The molecule has 0 aromatic carbocycles. The molecular weight excluding hydrogens is 214 g/mol. The van der Waals surface area contributed by atoms with Crippen LogP contribution in [-0.2, 0) is 9.53 Å². The number of ether oxygens (including phenoxy) is 1. The number of rotatable bonds is 7. The quantitative estimate of drug-likeness (QED) is 0.404. The lowest BCUT2D eigenvalue weighted by atomic mass is 10.1. The molecule has 0 aliphatic carbocycles. The fraction of sp³-hybridized carbons (Fsp3) is 0.727. The number of carbonyl (C=O) groups excluding carboxylic acids is 1. The smallest absolute Gasteiger partial charge is 0.330 e. The Morgan fingerprint density at radius 3 is 2.40 bits per heavy atom. The number of nitrogens with two attached hydrogens (primary N) is 1. The normalized spacial score (nSPS) is 11.7. The zero-order chi connectivity index (χ0) is 11.0. The zero-order valence-electron chi connectivity index (χ0n) is 9.83. The summed E-state index contributed by atoms with van der Waals surface area (Å²) in [5.41, 5.74) is 0. The Kier molecular flexibility index (Phi) is 11.2. The highest BCUT2D eigenvalue weighted by atomic mass is 35.5. The van der Waals surface area contributed by atoms with E-state index in [0.29, 0.717) is 6.04 Å². The molecule has 0 saturated carbocycles. The third-order valence-electron chi connectivity index (χ3n) is 2.33. The zero-order valence-corrected chi connectivity index (χ0v) is 10.6. The average Bonchev–Trinajstić information content (AvgIpc) is 2.19. The van der Waals surface area contributed by atoms with Crippen molar-refractivity contribution >= 4 is 5.97 Å². The van der Waals surface area contributed by atoms with Crippen LogP contribution >= 0.6 is 0 Å². The minimum absolute atomic E-state index is 0. The van der Waals surface area contributed by atoms with E-state index in [1.807, 2.05) is 6.92 Å². The van der Waals surface area contributed by atoms with Gasteiger partial charge in [0, 0.05) is 6.08 Å². The maximum atomic E-state index is 10.9. The van der Waals surface area contributed by atoms with Crippen molar-refractivity contribution in [1.82, 2.24) is 0 Å². The van der Waals surface area contributed by atoms with Crippen molar-refractivity contribution < 1.29 is 27.3 Å². The van der Waals surface area contributed by atoms with Crippen molar-refractivity contribution in [2.75, 3.05) is 6.54 Å². The molecular formula is C11H22ClNO2. The molecule has 0 aromatic rings. The molecule has 2 N–H and O–H groups in total. The second kappa shape index (κ2) is 9.99. The molecule has 1 unspecified atom stereocenters. The molecule has 0 heterocycles. The lowest BCUT2D eigenvalue weighted by Crippen LogP contribution is -3.00. The van der Waals surface area contributed by atoms with E-state index in [1.54, 1.807) is 0 Å². The second-order valence-electron chi connectivity index (χ2n) is 3.50. The largest absolute Gasteiger partial charge is 1.00 e. The van der Waals surface area contributed by atoms with Crippen LogP contribution in [0.15, 0.2) is 12.7 Å². The highest BCUT2D eigenvalue weighted by Crippen LogP contribution is 1.91. The van der Waals surface area contributed by atoms with Gasteiger partial charge < -0.3 is 22.5 Å². The van der Waals surface area contributed by atoms with Gasteiger partial charge in [0.05, 0.1) is 6.04 Å². The van der Waals surface area contributed by atoms with Crippen LogP contribution in [0.5, 0.6) is 0 Å². The summed E-state index contributed by atoms with van der Waals surface area (Å²) in [7, 11) is 0. The number of halogens is 1. The number of quaternary nitrogens is 1. The molecule has 0 fully saturated rings. The van der Waals surface area contributed by atoms with Crippen molar-refractivity contribution in [3.63, 3.8) is 0 Å². The van der Waals surface area contributed by atoms with E-state index in [2.05, 4.69) is 25.7 Å². The van der Waals surface area contributed by atoms with E-state index >= 15 is 0 Å². The van der Waals surface area contributed by atoms with Gasteiger partial charge in [-0.25, -0.2) is 4.79 Å². The first-order valence-electron chi connectivity index (χ1n) is 5.30. The summed E-state index contributed by atoms with van der Waals surface area (Å²) in [6.45, 7) is 10.4. The molecule has 15 heavy (non-hydrogen) atoms. The number of carbonyl (C=O) groups is 1. The average molecular weight is 236 g/mol. The highest BCUT2D eigenvalue weighted by molar-refractivity contribution is 5.81. The molecule has 0 rings (SSSR count). The number of hydrogen-bond donors (Lipinski definition) is 1. The van der Waals surface area contributed by atoms with E-state index in [0.717, 1.165) is 19.4 Å². The van der Waals surface area contributed by atoms with Crippen LogP contribution in [-0.4, -0.2) is 24.7 Å². The van der Waals surface area contributed by atoms with E-state index in [1.165, 1.54) is 6.08 Å². The molecule has 0 spiro atoms. The third-order valence-corrected chi connectivity index (χ3v) is 2.33. The van der Waals surface area contributed by atoms with Crippen LogP contribution < -0.4 is 17.7 Å². The number of esters is 1. The fourth-order valence-corrected chi connectivity index (χ4v) is 1.30. The maximum absolute atomic E-state index is 10.9. The summed E-state index contributed by atoms with van der Waals surface area (Å²) in [5, 5.41) is 2.24. The standard InChI is InChI=1S/C11H21NO2.ClH/c1-5-10(6-2)12-8-9(4)14-11(13)7-3;/h7,9-10,12H,3,5-6,8H2,1-2,4H3;1H. The van der Waals surface area contributed by atoms with Gasteiger partial charge in [-0.3, -0.25) is 0 Å². The van der Waals surface area contributed by atoms with Crippen molar-refractivity contribution in [2.24, 2.45) is 0 Å². The van der Waals surface area contributed by atoms with Crippen molar-refractivity contribution in [3.05, 3.63) is 12.7 Å². The van der Waals surface area contributed by atoms with Crippen molar-refractivity contribution in [3.8, 4) is 0 Å². The van der Waals surface area contributed by atoms with Gasteiger partial charge in [0.1, 0.15) is 12.6 Å². The number of hydrogen-bond acceptors (Lipinski definition) is 2. The van der Waals surface area contributed by atoms with E-state index < -0.39 is 0 Å². The lowest BCUT2D eigenvalue weighted by molar-refractivity contribution is -0.694. The Morgan fingerprint density at radius 2 is 2.00 bits per heavy atom. The van der Waals surface area contributed by atoms with Crippen LogP contribution in [0.25, 0.3) is 0 Å². The molecule has 90 valence electrons. The Balaban J connectivity index is 0. The van der Waals surface area contributed by atoms with E-state index in [4.69, 9.17) is 4.74 Å². The van der Waals surface area contributed by atoms with Gasteiger partial charge in [-0.1, -0.05) is 20.4 Å². The summed E-state index contributed by atoms with van der Waals surface area (Å²) in [6, 6.07) is 0.639. The predicted octanol–water partition coefficient (Wildman–Crippen LogP) is -2.14. The highest BCUT2D eigenvalue weighted by Gasteiger charge is 2.11. The monoisotopic (exact) mass is 235 g/mol. The summed E-state index contributed by atoms with van der Waals surface area (Å²) < 4.78 is 5.05. The minimum Gasteiger partial charge on any atom is -1.00 e. The first kappa shape index (κ1) is 16.9. The van der Waals surface area contributed by atoms with Crippen LogP contribution in [0.2, 0.25) is 0 Å². The Morgan fingerprint density at radius 1 is 1.47 bits per heavy atom. The molecule has 3 nitrogen and oxygen atoms in total. The topological polar surface area (TPSA) is 42.9 Å². The third kappa shape index (κ3) is 8.45. The second-order valence-corrected chi connectivity index (χ2v) is 3.50. The van der Waals surface area contributed by atoms with Gasteiger partial charge in [0.15, 0.2) is 0 Å². The van der Waals surface area contributed by atoms with Crippen LogP contribution in [0.3, 0.4) is 0 Å². The molecule has 0 saturated heterocycles. The summed E-state index contributed by atoms with van der Waals surface area (Å²) in [6.07, 6.45) is 3.46. The molecule has 0 aromatic heterocycles. The lowest BCUT2D eigenvalue weighted by Gasteiger charge is -2.15. The SMILES string of the molecule is C=CC(=O)OC(C)C[NH2+]C(CC)CC.[Cl-]. The van der Waals surface area contributed by atoms with Gasteiger partial charge in [-0.2, -0.15) is 0 Å². The van der Waals surface area contributed by atoms with Crippen LogP contribution in [0.4, 0.5) is 0 Å². The van der Waals surface area contributed by atoms with Gasteiger partial charge >= 0.3 is 5.97 Å². The summed E-state index contributed by atoms with van der Waals surface area (Å²) in [5.74, 6) is -0.338. The van der Waals surface area contributed by atoms with Crippen molar-refractivity contribution in [2.45, 2.75) is 45.8 Å². The first-order valence-corrected chi connectivity index (χ1v) is 5.30. The Bertz CT molecular complexity index is 181.